The number of aromatic nitrogens is 1. The highest BCUT2D eigenvalue weighted by Crippen LogP contribution is 2.29. The Morgan fingerprint density at radius 1 is 1.47 bits per heavy atom. The van der Waals surface area contributed by atoms with Crippen LogP contribution in [0.2, 0.25) is 0 Å². The van der Waals surface area contributed by atoms with Gasteiger partial charge in [0.15, 0.2) is 0 Å². The maximum Gasteiger partial charge on any atom is 0.0743 e. The molecule has 0 unspecified atom stereocenters. The van der Waals surface area contributed by atoms with Crippen LogP contribution in [0, 0.1) is 0 Å². The second-order valence-corrected chi connectivity index (χ2v) is 5.57. The fourth-order valence-corrected chi connectivity index (χ4v) is 2.32. The Balaban J connectivity index is 2.43. The number of thioether (sulfide) groups is 1. The first-order valence-corrected chi connectivity index (χ1v) is 7.47. The van der Waals surface area contributed by atoms with Crippen LogP contribution >= 0.6 is 27.7 Å². The Morgan fingerprint density at radius 2 is 2.29 bits per heavy atom. The summed E-state index contributed by atoms with van der Waals surface area (Å²) < 4.78 is 1.03. The Bertz CT molecular complexity index is 525. The van der Waals surface area contributed by atoms with Crippen molar-refractivity contribution in [3.8, 4) is 0 Å². The van der Waals surface area contributed by atoms with Gasteiger partial charge in [0.05, 0.1) is 23.1 Å². The van der Waals surface area contributed by atoms with Crippen LogP contribution in [0.4, 0.5) is 11.4 Å². The third-order valence-electron chi connectivity index (χ3n) is 2.47. The van der Waals surface area contributed by atoms with Gasteiger partial charge in [-0.25, -0.2) is 0 Å². The van der Waals surface area contributed by atoms with Gasteiger partial charge in [0.1, 0.15) is 0 Å². The standard InChI is InChI=1S/C12H14BrN3S/c1-17-5-4-15-12-9-6-8(13)2-3-11(9)16-7-10(12)14/h2-3,6-7H,4-5,14H2,1H3,(H,15,16). The summed E-state index contributed by atoms with van der Waals surface area (Å²) in [6, 6.07) is 6.01. The van der Waals surface area contributed by atoms with E-state index in [0.717, 1.165) is 33.4 Å². The van der Waals surface area contributed by atoms with Crippen LogP contribution in [-0.2, 0) is 0 Å². The third kappa shape index (κ3) is 2.84. The van der Waals surface area contributed by atoms with Crippen molar-refractivity contribution in [2.45, 2.75) is 0 Å². The SMILES string of the molecule is CSCCNc1c(N)cnc2ccc(Br)cc12. The first-order chi connectivity index (χ1) is 8.22. The van der Waals surface area contributed by atoms with Crippen molar-refractivity contribution in [2.24, 2.45) is 0 Å². The van der Waals surface area contributed by atoms with Crippen molar-refractivity contribution >= 4 is 50.0 Å². The van der Waals surface area contributed by atoms with Gasteiger partial charge in [-0.3, -0.25) is 4.98 Å². The van der Waals surface area contributed by atoms with E-state index in [-0.39, 0.29) is 0 Å². The molecule has 1 aromatic heterocycles. The van der Waals surface area contributed by atoms with Crippen LogP contribution in [0.5, 0.6) is 0 Å². The first kappa shape index (κ1) is 12.5. The number of anilines is 2. The lowest BCUT2D eigenvalue weighted by Crippen LogP contribution is -2.07. The molecule has 0 aliphatic heterocycles. The van der Waals surface area contributed by atoms with Gasteiger partial charge in [0.2, 0.25) is 0 Å². The zero-order chi connectivity index (χ0) is 12.3. The Morgan fingerprint density at radius 3 is 3.06 bits per heavy atom. The molecule has 5 heteroatoms. The number of hydrogen-bond donors (Lipinski definition) is 2. The van der Waals surface area contributed by atoms with Crippen molar-refractivity contribution in [3.63, 3.8) is 0 Å². The molecule has 1 heterocycles. The molecule has 0 radical (unpaired) electrons. The topological polar surface area (TPSA) is 50.9 Å². The normalized spacial score (nSPS) is 10.7. The van der Waals surface area contributed by atoms with Gasteiger partial charge in [-0.15, -0.1) is 0 Å². The summed E-state index contributed by atoms with van der Waals surface area (Å²) in [5, 5.41) is 4.43. The van der Waals surface area contributed by atoms with Gasteiger partial charge in [0.25, 0.3) is 0 Å². The van der Waals surface area contributed by atoms with Crippen LogP contribution in [0.1, 0.15) is 0 Å². The number of rotatable bonds is 4. The lowest BCUT2D eigenvalue weighted by Gasteiger charge is -2.11. The predicted molar refractivity (Wildman–Crippen MR) is 80.7 cm³/mol. The number of nitrogens with two attached hydrogens (primary N) is 1. The van der Waals surface area contributed by atoms with Gasteiger partial charge in [-0.05, 0) is 24.5 Å². The van der Waals surface area contributed by atoms with E-state index in [0.29, 0.717) is 5.69 Å². The van der Waals surface area contributed by atoms with E-state index >= 15 is 0 Å². The summed E-state index contributed by atoms with van der Waals surface area (Å²) in [5.74, 6) is 1.05. The fraction of sp³-hybridized carbons (Fsp3) is 0.250. The molecular formula is C12H14BrN3S. The molecule has 0 aliphatic carbocycles. The summed E-state index contributed by atoms with van der Waals surface area (Å²) in [4.78, 5) is 4.32. The highest BCUT2D eigenvalue weighted by Gasteiger charge is 2.06. The van der Waals surface area contributed by atoms with E-state index < -0.39 is 0 Å². The Labute approximate surface area is 113 Å². The minimum atomic E-state index is 0.691. The van der Waals surface area contributed by atoms with Crippen LogP contribution in [0.3, 0.4) is 0 Å². The zero-order valence-electron chi connectivity index (χ0n) is 9.53. The summed E-state index contributed by atoms with van der Waals surface area (Å²) >= 11 is 5.28. The number of benzene rings is 1. The molecule has 1 aromatic carbocycles. The molecule has 0 fully saturated rings. The molecule has 0 spiro atoms. The number of nitrogens with zero attached hydrogens (tertiary/aromatic N) is 1. The summed E-state index contributed by atoms with van der Waals surface area (Å²) in [5.41, 5.74) is 8.59. The number of halogens is 1. The van der Waals surface area contributed by atoms with Gasteiger partial charge < -0.3 is 11.1 Å². The molecule has 2 aromatic rings. The molecule has 0 saturated carbocycles. The van der Waals surface area contributed by atoms with Crippen molar-refractivity contribution in [1.29, 1.82) is 0 Å². The number of nitrogens with one attached hydrogen (secondary N) is 1. The molecule has 0 aliphatic rings. The highest BCUT2D eigenvalue weighted by atomic mass is 79.9. The van der Waals surface area contributed by atoms with Gasteiger partial charge in [0, 0.05) is 22.2 Å². The highest BCUT2D eigenvalue weighted by molar-refractivity contribution is 9.10. The zero-order valence-corrected chi connectivity index (χ0v) is 11.9. The third-order valence-corrected chi connectivity index (χ3v) is 3.57. The summed E-state index contributed by atoms with van der Waals surface area (Å²) in [6.07, 6.45) is 3.80. The summed E-state index contributed by atoms with van der Waals surface area (Å²) in [7, 11) is 0. The average molecular weight is 312 g/mol. The first-order valence-electron chi connectivity index (χ1n) is 5.29. The van der Waals surface area contributed by atoms with E-state index in [1.807, 2.05) is 30.0 Å². The van der Waals surface area contributed by atoms with E-state index in [4.69, 9.17) is 5.73 Å². The minimum Gasteiger partial charge on any atom is -0.396 e. The average Bonchev–Trinajstić information content (AvgIpc) is 2.32. The molecule has 0 atom stereocenters. The van der Waals surface area contributed by atoms with E-state index in [1.165, 1.54) is 0 Å². The molecule has 3 N–H and O–H groups in total. The van der Waals surface area contributed by atoms with Crippen LogP contribution in [-0.4, -0.2) is 23.5 Å². The maximum absolute atomic E-state index is 5.97. The van der Waals surface area contributed by atoms with Crippen molar-refractivity contribution in [3.05, 3.63) is 28.9 Å². The second kappa shape index (κ2) is 5.60. The molecule has 2 rings (SSSR count). The lowest BCUT2D eigenvalue weighted by molar-refractivity contribution is 1.23. The van der Waals surface area contributed by atoms with Gasteiger partial charge in [-0.1, -0.05) is 15.9 Å². The van der Waals surface area contributed by atoms with E-state index in [1.54, 1.807) is 6.20 Å². The van der Waals surface area contributed by atoms with Gasteiger partial charge in [-0.2, -0.15) is 11.8 Å². The van der Waals surface area contributed by atoms with Crippen LogP contribution in [0.25, 0.3) is 10.9 Å². The van der Waals surface area contributed by atoms with E-state index in [2.05, 4.69) is 32.5 Å². The maximum atomic E-state index is 5.97. The molecule has 17 heavy (non-hydrogen) atoms. The molecule has 3 nitrogen and oxygen atoms in total. The van der Waals surface area contributed by atoms with Crippen LogP contribution < -0.4 is 11.1 Å². The smallest absolute Gasteiger partial charge is 0.0743 e. The second-order valence-electron chi connectivity index (χ2n) is 3.67. The van der Waals surface area contributed by atoms with Crippen molar-refractivity contribution in [2.75, 3.05) is 29.6 Å². The lowest BCUT2D eigenvalue weighted by atomic mass is 10.1. The minimum absolute atomic E-state index is 0.691. The van der Waals surface area contributed by atoms with Crippen molar-refractivity contribution < 1.29 is 0 Å². The Kier molecular flexibility index (Phi) is 4.12. The quantitative estimate of drug-likeness (QED) is 0.850. The van der Waals surface area contributed by atoms with E-state index in [9.17, 15) is 0 Å². The molecule has 90 valence electrons. The Hall–Kier alpha value is -0.940. The summed E-state index contributed by atoms with van der Waals surface area (Å²) in [6.45, 7) is 0.900. The predicted octanol–water partition coefficient (Wildman–Crippen LogP) is 3.35. The number of fused-ring (bicyclic) bond motifs is 1. The monoisotopic (exact) mass is 311 g/mol. The largest absolute Gasteiger partial charge is 0.396 e. The van der Waals surface area contributed by atoms with Crippen molar-refractivity contribution in [1.82, 2.24) is 4.98 Å². The number of nitrogen functional groups attached to an aromatic ring is 1. The number of hydrogen-bond acceptors (Lipinski definition) is 4. The fourth-order valence-electron chi connectivity index (χ4n) is 1.66. The van der Waals surface area contributed by atoms with Gasteiger partial charge >= 0.3 is 0 Å². The molecule has 0 bridgehead atoms. The molecule has 0 amide bonds. The van der Waals surface area contributed by atoms with Crippen LogP contribution in [0.15, 0.2) is 28.9 Å². The molecular weight excluding hydrogens is 298 g/mol. The number of pyridine rings is 1. The molecule has 0 saturated heterocycles.